The number of aromatic nitrogens is 1. The van der Waals surface area contributed by atoms with Crippen LogP contribution in [0.1, 0.15) is 11.1 Å². The maximum Gasteiger partial charge on any atom is 0.409 e. The van der Waals surface area contributed by atoms with Crippen LogP contribution in [0.2, 0.25) is 0 Å². The molecular formula is C20H13FN2O2. The average Bonchev–Trinajstić information content (AvgIpc) is 2.62. The largest absolute Gasteiger partial charge is 0.465 e. The second kappa shape index (κ2) is 7.28. The molecule has 0 fully saturated rings. The molecule has 1 amide bonds. The highest BCUT2D eigenvalue weighted by atomic mass is 19.1. The Hall–Kier alpha value is -3.65. The number of hydrogen-bond donors (Lipinski definition) is 2. The van der Waals surface area contributed by atoms with E-state index in [4.69, 9.17) is 5.11 Å². The summed E-state index contributed by atoms with van der Waals surface area (Å²) in [6.45, 7) is 0. The number of carbonyl (C=O) groups is 1. The van der Waals surface area contributed by atoms with Crippen molar-refractivity contribution in [3.05, 3.63) is 83.9 Å². The van der Waals surface area contributed by atoms with Crippen LogP contribution < -0.4 is 5.32 Å². The molecule has 0 atom stereocenters. The van der Waals surface area contributed by atoms with Crippen molar-refractivity contribution >= 4 is 11.8 Å². The van der Waals surface area contributed by atoms with Gasteiger partial charge in [-0.3, -0.25) is 10.3 Å². The molecule has 0 spiro atoms. The molecule has 1 heterocycles. The number of amides is 1. The third-order valence-corrected chi connectivity index (χ3v) is 3.45. The monoisotopic (exact) mass is 332 g/mol. The molecule has 0 radical (unpaired) electrons. The molecule has 0 aliphatic rings. The van der Waals surface area contributed by atoms with Crippen LogP contribution >= 0.6 is 0 Å². The van der Waals surface area contributed by atoms with Gasteiger partial charge in [-0.05, 0) is 59.7 Å². The first-order valence-electron chi connectivity index (χ1n) is 7.44. The number of benzene rings is 2. The zero-order valence-corrected chi connectivity index (χ0v) is 13.0. The highest BCUT2D eigenvalue weighted by molar-refractivity contribution is 5.85. The molecule has 0 saturated heterocycles. The molecule has 0 aliphatic heterocycles. The topological polar surface area (TPSA) is 62.2 Å². The molecule has 0 saturated carbocycles. The van der Waals surface area contributed by atoms with Gasteiger partial charge in [0.25, 0.3) is 0 Å². The highest BCUT2D eigenvalue weighted by Crippen LogP contribution is 2.25. The van der Waals surface area contributed by atoms with Gasteiger partial charge in [-0.15, -0.1) is 0 Å². The van der Waals surface area contributed by atoms with Gasteiger partial charge in [-0.1, -0.05) is 17.9 Å². The summed E-state index contributed by atoms with van der Waals surface area (Å²) in [5, 5.41) is 11.2. The van der Waals surface area contributed by atoms with E-state index >= 15 is 0 Å². The Morgan fingerprint density at radius 1 is 1.00 bits per heavy atom. The van der Waals surface area contributed by atoms with Gasteiger partial charge >= 0.3 is 6.09 Å². The normalized spacial score (nSPS) is 9.80. The van der Waals surface area contributed by atoms with Gasteiger partial charge in [0.1, 0.15) is 5.82 Å². The Labute approximate surface area is 144 Å². The van der Waals surface area contributed by atoms with Gasteiger partial charge in [0, 0.05) is 29.2 Å². The summed E-state index contributed by atoms with van der Waals surface area (Å²) in [5.41, 5.74) is 3.52. The Balaban J connectivity index is 2.05. The van der Waals surface area contributed by atoms with Crippen molar-refractivity contribution in [2.75, 3.05) is 5.32 Å². The average molecular weight is 332 g/mol. The van der Waals surface area contributed by atoms with E-state index in [1.54, 1.807) is 42.7 Å². The van der Waals surface area contributed by atoms with Gasteiger partial charge in [-0.2, -0.15) is 0 Å². The van der Waals surface area contributed by atoms with Crippen molar-refractivity contribution in [2.45, 2.75) is 0 Å². The van der Waals surface area contributed by atoms with E-state index in [2.05, 4.69) is 22.1 Å². The van der Waals surface area contributed by atoms with Crippen LogP contribution in [0.4, 0.5) is 14.9 Å². The van der Waals surface area contributed by atoms with Crippen LogP contribution in [0.3, 0.4) is 0 Å². The van der Waals surface area contributed by atoms with E-state index in [0.29, 0.717) is 16.8 Å². The van der Waals surface area contributed by atoms with Gasteiger partial charge in [-0.25, -0.2) is 9.18 Å². The van der Waals surface area contributed by atoms with E-state index in [1.165, 1.54) is 12.1 Å². The molecular weight excluding hydrogens is 319 g/mol. The van der Waals surface area contributed by atoms with E-state index < -0.39 is 6.09 Å². The van der Waals surface area contributed by atoms with E-state index in [-0.39, 0.29) is 5.82 Å². The first-order chi connectivity index (χ1) is 12.1. The predicted molar refractivity (Wildman–Crippen MR) is 93.7 cm³/mol. The van der Waals surface area contributed by atoms with Gasteiger partial charge in [0.05, 0.1) is 0 Å². The van der Waals surface area contributed by atoms with Crippen molar-refractivity contribution in [1.29, 1.82) is 0 Å². The molecule has 1 aromatic heterocycles. The summed E-state index contributed by atoms with van der Waals surface area (Å²) in [7, 11) is 0. The molecule has 122 valence electrons. The Morgan fingerprint density at radius 2 is 1.72 bits per heavy atom. The van der Waals surface area contributed by atoms with Crippen LogP contribution in [-0.4, -0.2) is 16.2 Å². The number of nitrogens with zero attached hydrogens (tertiary/aromatic N) is 1. The number of halogens is 1. The molecule has 0 bridgehead atoms. The second-order valence-electron chi connectivity index (χ2n) is 5.18. The number of nitrogens with one attached hydrogen (secondary N) is 1. The maximum atomic E-state index is 13.0. The molecule has 0 aliphatic carbocycles. The number of carboxylic acid groups (broad SMARTS) is 1. The van der Waals surface area contributed by atoms with Crippen LogP contribution in [0.25, 0.3) is 11.1 Å². The molecule has 0 unspecified atom stereocenters. The first kappa shape index (κ1) is 16.2. The molecule has 4 nitrogen and oxygen atoms in total. The molecule has 3 aromatic rings. The van der Waals surface area contributed by atoms with Crippen molar-refractivity contribution in [1.82, 2.24) is 4.98 Å². The zero-order valence-electron chi connectivity index (χ0n) is 13.0. The Kier molecular flexibility index (Phi) is 4.72. The van der Waals surface area contributed by atoms with Crippen LogP contribution in [0.15, 0.2) is 67.0 Å². The van der Waals surface area contributed by atoms with E-state index in [1.807, 2.05) is 12.1 Å². The second-order valence-corrected chi connectivity index (χ2v) is 5.18. The Bertz CT molecular complexity index is 958. The summed E-state index contributed by atoms with van der Waals surface area (Å²) >= 11 is 0. The zero-order chi connectivity index (χ0) is 17.6. The smallest absolute Gasteiger partial charge is 0.409 e. The van der Waals surface area contributed by atoms with Crippen molar-refractivity contribution in [2.24, 2.45) is 0 Å². The lowest BCUT2D eigenvalue weighted by Gasteiger charge is -2.08. The first-order valence-corrected chi connectivity index (χ1v) is 7.44. The van der Waals surface area contributed by atoms with Gasteiger partial charge in [0.15, 0.2) is 0 Å². The van der Waals surface area contributed by atoms with Crippen LogP contribution in [0.5, 0.6) is 0 Å². The minimum atomic E-state index is -1.14. The van der Waals surface area contributed by atoms with Crippen LogP contribution in [-0.2, 0) is 0 Å². The summed E-state index contributed by atoms with van der Waals surface area (Å²) in [5.74, 6) is 5.68. The lowest BCUT2D eigenvalue weighted by Crippen LogP contribution is -2.07. The quantitative estimate of drug-likeness (QED) is 0.685. The number of anilines is 1. The predicted octanol–water partition coefficient (Wildman–Crippen LogP) is 4.38. The van der Waals surface area contributed by atoms with Crippen LogP contribution in [0, 0.1) is 17.7 Å². The minimum absolute atomic E-state index is 0.323. The SMILES string of the molecule is O=C(O)Nc1ccc(-c2ccncc2)c(C#Cc2ccc(F)cc2)c1. The fraction of sp³-hybridized carbons (Fsp3) is 0. The fourth-order valence-electron chi connectivity index (χ4n) is 2.30. The lowest BCUT2D eigenvalue weighted by molar-refractivity contribution is 0.210. The molecule has 2 N–H and O–H groups in total. The number of hydrogen-bond acceptors (Lipinski definition) is 2. The number of pyridine rings is 1. The summed E-state index contributed by atoms with van der Waals surface area (Å²) in [6, 6.07) is 14.7. The van der Waals surface area contributed by atoms with E-state index in [9.17, 15) is 9.18 Å². The van der Waals surface area contributed by atoms with Crippen molar-refractivity contribution in [3.63, 3.8) is 0 Å². The third kappa shape index (κ3) is 4.21. The van der Waals surface area contributed by atoms with Crippen molar-refractivity contribution < 1.29 is 14.3 Å². The van der Waals surface area contributed by atoms with Gasteiger partial charge in [0.2, 0.25) is 0 Å². The number of rotatable bonds is 2. The molecule has 5 heteroatoms. The minimum Gasteiger partial charge on any atom is -0.465 e. The van der Waals surface area contributed by atoms with Crippen molar-refractivity contribution in [3.8, 4) is 23.0 Å². The lowest BCUT2D eigenvalue weighted by atomic mass is 10.00. The maximum absolute atomic E-state index is 13.0. The summed E-state index contributed by atoms with van der Waals surface area (Å²) in [4.78, 5) is 14.9. The Morgan fingerprint density at radius 3 is 2.40 bits per heavy atom. The summed E-state index contributed by atoms with van der Waals surface area (Å²) < 4.78 is 13.0. The highest BCUT2D eigenvalue weighted by Gasteiger charge is 2.06. The summed E-state index contributed by atoms with van der Waals surface area (Å²) in [6.07, 6.45) is 2.21. The molecule has 25 heavy (non-hydrogen) atoms. The standard InChI is InChI=1S/C20H13FN2O2/c21-17-5-2-14(3-6-17)1-4-16-13-18(23-20(24)25)7-8-19(16)15-9-11-22-12-10-15/h2-3,5-13,23H,(H,24,25). The van der Waals surface area contributed by atoms with Gasteiger partial charge < -0.3 is 5.11 Å². The molecule has 2 aromatic carbocycles. The fourth-order valence-corrected chi connectivity index (χ4v) is 2.30. The van der Waals surface area contributed by atoms with E-state index in [0.717, 1.165) is 11.1 Å². The molecule has 3 rings (SSSR count). The third-order valence-electron chi connectivity index (χ3n) is 3.45.